The smallest absolute Gasteiger partial charge is 0.118 e. The van der Waals surface area contributed by atoms with Gasteiger partial charge in [0.15, 0.2) is 0 Å². The molecule has 1 aliphatic heterocycles. The Morgan fingerprint density at radius 1 is 1.32 bits per heavy atom. The third kappa shape index (κ3) is 4.22. The highest BCUT2D eigenvalue weighted by atomic mass is 16.5. The van der Waals surface area contributed by atoms with Crippen LogP contribution in [0.3, 0.4) is 0 Å². The van der Waals surface area contributed by atoms with Gasteiger partial charge in [0.2, 0.25) is 0 Å². The van der Waals surface area contributed by atoms with Gasteiger partial charge in [-0.3, -0.25) is 0 Å². The summed E-state index contributed by atoms with van der Waals surface area (Å²) in [6.45, 7) is 7.37. The Labute approximate surface area is 116 Å². The molecule has 1 heterocycles. The number of rotatable bonds is 7. The second-order valence-electron chi connectivity index (χ2n) is 5.97. The van der Waals surface area contributed by atoms with Gasteiger partial charge in [0.05, 0.1) is 20.3 Å². The molecule has 106 valence electrons. The van der Waals surface area contributed by atoms with E-state index in [9.17, 15) is 0 Å². The van der Waals surface area contributed by atoms with Gasteiger partial charge < -0.3 is 14.8 Å². The number of hydrogen-bond donors (Lipinski definition) is 1. The summed E-state index contributed by atoms with van der Waals surface area (Å²) in [6.07, 6.45) is 2.26. The van der Waals surface area contributed by atoms with E-state index in [2.05, 4.69) is 31.3 Å². The number of ether oxygens (including phenoxy) is 2. The molecule has 3 nitrogen and oxygen atoms in total. The van der Waals surface area contributed by atoms with Gasteiger partial charge >= 0.3 is 0 Å². The van der Waals surface area contributed by atoms with E-state index in [-0.39, 0.29) is 0 Å². The Morgan fingerprint density at radius 3 is 2.53 bits per heavy atom. The SMILES string of the molecule is COc1ccc(CCC(C)NCC2(C)COC2)cc1. The van der Waals surface area contributed by atoms with Crippen LogP contribution < -0.4 is 10.1 Å². The van der Waals surface area contributed by atoms with Crippen molar-refractivity contribution < 1.29 is 9.47 Å². The first-order valence-electron chi connectivity index (χ1n) is 7.05. The van der Waals surface area contributed by atoms with Crippen molar-refractivity contribution in [2.75, 3.05) is 26.9 Å². The van der Waals surface area contributed by atoms with E-state index < -0.39 is 0 Å². The van der Waals surface area contributed by atoms with Gasteiger partial charge in [-0.05, 0) is 37.5 Å². The van der Waals surface area contributed by atoms with Crippen molar-refractivity contribution in [3.05, 3.63) is 29.8 Å². The molecule has 1 fully saturated rings. The molecular formula is C16H25NO2. The lowest BCUT2D eigenvalue weighted by atomic mass is 9.88. The van der Waals surface area contributed by atoms with Crippen LogP contribution in [0.15, 0.2) is 24.3 Å². The minimum absolute atomic E-state index is 0.356. The van der Waals surface area contributed by atoms with E-state index in [1.54, 1.807) is 7.11 Å². The third-order valence-electron chi connectivity index (χ3n) is 3.80. The minimum Gasteiger partial charge on any atom is -0.497 e. The number of benzene rings is 1. The summed E-state index contributed by atoms with van der Waals surface area (Å²) in [5.41, 5.74) is 1.72. The van der Waals surface area contributed by atoms with E-state index >= 15 is 0 Å². The summed E-state index contributed by atoms with van der Waals surface area (Å²) >= 11 is 0. The summed E-state index contributed by atoms with van der Waals surface area (Å²) in [7, 11) is 1.70. The molecule has 1 aromatic rings. The molecule has 3 heteroatoms. The van der Waals surface area contributed by atoms with Crippen LogP contribution in [0.1, 0.15) is 25.8 Å². The molecule has 1 atom stereocenters. The average Bonchev–Trinajstić information content (AvgIpc) is 2.41. The van der Waals surface area contributed by atoms with Crippen LogP contribution in [0, 0.1) is 5.41 Å². The van der Waals surface area contributed by atoms with Gasteiger partial charge in [0, 0.05) is 18.0 Å². The Balaban J connectivity index is 1.68. The molecule has 1 N–H and O–H groups in total. The summed E-state index contributed by atoms with van der Waals surface area (Å²) in [4.78, 5) is 0. The first-order chi connectivity index (χ1) is 9.11. The van der Waals surface area contributed by atoms with Crippen LogP contribution in [-0.2, 0) is 11.2 Å². The van der Waals surface area contributed by atoms with Crippen LogP contribution >= 0.6 is 0 Å². The molecule has 0 aliphatic carbocycles. The van der Waals surface area contributed by atoms with Crippen molar-refractivity contribution in [1.82, 2.24) is 5.32 Å². The predicted octanol–water partition coefficient (Wildman–Crippen LogP) is 2.64. The molecule has 0 bridgehead atoms. The van der Waals surface area contributed by atoms with Gasteiger partial charge in [-0.15, -0.1) is 0 Å². The second kappa shape index (κ2) is 6.40. The van der Waals surface area contributed by atoms with Crippen LogP contribution in [0.25, 0.3) is 0 Å². The first kappa shape index (κ1) is 14.4. The quantitative estimate of drug-likeness (QED) is 0.820. The maximum Gasteiger partial charge on any atom is 0.118 e. The Kier molecular flexibility index (Phi) is 4.83. The summed E-state index contributed by atoms with van der Waals surface area (Å²) in [5, 5.41) is 3.61. The highest BCUT2D eigenvalue weighted by molar-refractivity contribution is 5.27. The maximum absolute atomic E-state index is 5.27. The van der Waals surface area contributed by atoms with Crippen LogP contribution in [0.4, 0.5) is 0 Å². The largest absolute Gasteiger partial charge is 0.497 e. The van der Waals surface area contributed by atoms with Crippen molar-refractivity contribution >= 4 is 0 Å². The van der Waals surface area contributed by atoms with Crippen molar-refractivity contribution in [3.8, 4) is 5.75 Å². The Bertz CT molecular complexity index is 384. The van der Waals surface area contributed by atoms with Gasteiger partial charge in [0.1, 0.15) is 5.75 Å². The molecule has 1 unspecified atom stereocenters. The fourth-order valence-corrected chi connectivity index (χ4v) is 2.25. The van der Waals surface area contributed by atoms with Crippen molar-refractivity contribution in [1.29, 1.82) is 0 Å². The fraction of sp³-hybridized carbons (Fsp3) is 0.625. The van der Waals surface area contributed by atoms with Gasteiger partial charge in [-0.2, -0.15) is 0 Å². The topological polar surface area (TPSA) is 30.5 Å². The summed E-state index contributed by atoms with van der Waals surface area (Å²) < 4.78 is 10.4. The molecule has 0 amide bonds. The lowest BCUT2D eigenvalue weighted by molar-refractivity contribution is -0.0999. The van der Waals surface area contributed by atoms with Crippen molar-refractivity contribution in [2.45, 2.75) is 32.7 Å². The summed E-state index contributed by atoms with van der Waals surface area (Å²) in [6, 6.07) is 8.89. The normalized spacial score (nSPS) is 18.7. The molecule has 0 spiro atoms. The van der Waals surface area contributed by atoms with Crippen LogP contribution in [0.2, 0.25) is 0 Å². The zero-order chi connectivity index (χ0) is 13.7. The monoisotopic (exact) mass is 263 g/mol. The highest BCUT2D eigenvalue weighted by Crippen LogP contribution is 2.25. The van der Waals surface area contributed by atoms with E-state index in [1.807, 2.05) is 12.1 Å². The molecule has 0 radical (unpaired) electrons. The molecule has 0 aromatic heterocycles. The molecule has 1 saturated heterocycles. The lowest BCUT2D eigenvalue weighted by Crippen LogP contribution is -2.49. The standard InChI is InChI=1S/C16H25NO2/c1-13(17-10-16(2)11-19-12-16)4-5-14-6-8-15(18-3)9-7-14/h6-9,13,17H,4-5,10-12H2,1-3H3. The van der Waals surface area contributed by atoms with Crippen molar-refractivity contribution in [2.24, 2.45) is 5.41 Å². The number of aryl methyl sites for hydroxylation is 1. The molecule has 2 rings (SSSR count). The van der Waals surface area contributed by atoms with Crippen LogP contribution in [0.5, 0.6) is 5.75 Å². The molecule has 1 aliphatic rings. The maximum atomic E-state index is 5.27. The zero-order valence-electron chi connectivity index (χ0n) is 12.2. The number of nitrogens with one attached hydrogen (secondary N) is 1. The van der Waals surface area contributed by atoms with E-state index in [0.29, 0.717) is 11.5 Å². The lowest BCUT2D eigenvalue weighted by Gasteiger charge is -2.39. The minimum atomic E-state index is 0.356. The number of methoxy groups -OCH3 is 1. The van der Waals surface area contributed by atoms with E-state index in [4.69, 9.17) is 9.47 Å². The van der Waals surface area contributed by atoms with E-state index in [0.717, 1.165) is 38.3 Å². The first-order valence-corrected chi connectivity index (χ1v) is 7.05. The van der Waals surface area contributed by atoms with Gasteiger partial charge in [-0.25, -0.2) is 0 Å². The average molecular weight is 263 g/mol. The second-order valence-corrected chi connectivity index (χ2v) is 5.97. The number of hydrogen-bond acceptors (Lipinski definition) is 3. The third-order valence-corrected chi connectivity index (χ3v) is 3.80. The molecule has 0 saturated carbocycles. The predicted molar refractivity (Wildman–Crippen MR) is 77.7 cm³/mol. The zero-order valence-corrected chi connectivity index (χ0v) is 12.2. The van der Waals surface area contributed by atoms with E-state index in [1.165, 1.54) is 5.56 Å². The van der Waals surface area contributed by atoms with Crippen molar-refractivity contribution in [3.63, 3.8) is 0 Å². The van der Waals surface area contributed by atoms with Gasteiger partial charge in [0.25, 0.3) is 0 Å². The molecule has 1 aromatic carbocycles. The fourth-order valence-electron chi connectivity index (χ4n) is 2.25. The Hall–Kier alpha value is -1.06. The van der Waals surface area contributed by atoms with Gasteiger partial charge in [-0.1, -0.05) is 19.1 Å². The molecular weight excluding hydrogens is 238 g/mol. The molecule has 19 heavy (non-hydrogen) atoms. The van der Waals surface area contributed by atoms with Crippen LogP contribution in [-0.4, -0.2) is 32.9 Å². The Morgan fingerprint density at radius 2 is 2.00 bits per heavy atom. The summed E-state index contributed by atoms with van der Waals surface area (Å²) in [5.74, 6) is 0.924. The highest BCUT2D eigenvalue weighted by Gasteiger charge is 2.33.